The summed E-state index contributed by atoms with van der Waals surface area (Å²) in [6, 6.07) is 14.8. The van der Waals surface area contributed by atoms with Crippen molar-refractivity contribution in [2.24, 2.45) is 0 Å². The van der Waals surface area contributed by atoms with Crippen LogP contribution in [0.1, 0.15) is 34.8 Å². The highest BCUT2D eigenvalue weighted by molar-refractivity contribution is 6.34. The van der Waals surface area contributed by atoms with E-state index in [4.69, 9.17) is 11.6 Å². The fraction of sp³-hybridized carbons (Fsp3) is 0.333. The van der Waals surface area contributed by atoms with E-state index in [0.717, 1.165) is 12.0 Å². The molecule has 1 fully saturated rings. The van der Waals surface area contributed by atoms with Crippen LogP contribution in [0.5, 0.6) is 0 Å². The Morgan fingerprint density at radius 1 is 1.22 bits per heavy atom. The van der Waals surface area contributed by atoms with Crippen molar-refractivity contribution in [3.63, 3.8) is 0 Å². The summed E-state index contributed by atoms with van der Waals surface area (Å²) in [5.41, 5.74) is 2.15. The topological polar surface area (TPSA) is 52.7 Å². The summed E-state index contributed by atoms with van der Waals surface area (Å²) < 4.78 is 0. The number of carbonyl (C=O) groups excluding carboxylic acids is 2. The molecule has 2 aromatic rings. The third-order valence-electron chi connectivity index (χ3n) is 4.63. The maximum atomic E-state index is 12.9. The number of nitrogens with one attached hydrogen (secondary N) is 1. The van der Waals surface area contributed by atoms with Crippen LogP contribution in [0.2, 0.25) is 5.02 Å². The average molecular weight is 386 g/mol. The maximum Gasteiger partial charge on any atom is 0.251 e. The van der Waals surface area contributed by atoms with Gasteiger partial charge in [0, 0.05) is 25.1 Å². The standard InChI is InChI=1S/C21H24ClN3O2/c1-24(2)14-18(15-7-4-3-5-8-15)23-21(27)16-10-11-17(22)19(13-16)25-12-6-9-20(25)26/h3-5,7-8,10-11,13,18H,6,9,12,14H2,1-2H3,(H,23,27)/t18-/m1/s1. The Hall–Kier alpha value is -2.37. The van der Waals surface area contributed by atoms with Gasteiger partial charge >= 0.3 is 0 Å². The molecule has 0 aliphatic carbocycles. The zero-order chi connectivity index (χ0) is 19.4. The summed E-state index contributed by atoms with van der Waals surface area (Å²) in [5, 5.41) is 3.58. The highest BCUT2D eigenvalue weighted by Crippen LogP contribution is 2.30. The van der Waals surface area contributed by atoms with E-state index in [0.29, 0.717) is 35.8 Å². The van der Waals surface area contributed by atoms with Crippen LogP contribution < -0.4 is 10.2 Å². The van der Waals surface area contributed by atoms with Crippen molar-refractivity contribution in [2.75, 3.05) is 32.1 Å². The van der Waals surface area contributed by atoms with Crippen molar-refractivity contribution in [3.8, 4) is 0 Å². The summed E-state index contributed by atoms with van der Waals surface area (Å²) in [6.07, 6.45) is 1.33. The minimum Gasteiger partial charge on any atom is -0.344 e. The van der Waals surface area contributed by atoms with Crippen LogP contribution in [0, 0.1) is 0 Å². The first kappa shape index (κ1) is 19.4. The van der Waals surface area contributed by atoms with E-state index < -0.39 is 0 Å². The minimum absolute atomic E-state index is 0.0456. The number of hydrogen-bond donors (Lipinski definition) is 1. The van der Waals surface area contributed by atoms with E-state index in [1.807, 2.05) is 49.3 Å². The molecule has 2 aromatic carbocycles. The second-order valence-corrected chi connectivity index (χ2v) is 7.42. The van der Waals surface area contributed by atoms with Crippen LogP contribution in [0.3, 0.4) is 0 Å². The second kappa shape index (κ2) is 8.55. The van der Waals surface area contributed by atoms with E-state index in [1.165, 1.54) is 0 Å². The van der Waals surface area contributed by atoms with Gasteiger partial charge in [-0.3, -0.25) is 9.59 Å². The molecule has 1 aliphatic rings. The van der Waals surface area contributed by atoms with Crippen LogP contribution >= 0.6 is 11.6 Å². The van der Waals surface area contributed by atoms with Gasteiger partial charge in [0.15, 0.2) is 0 Å². The molecule has 142 valence electrons. The molecule has 5 nitrogen and oxygen atoms in total. The number of rotatable bonds is 6. The van der Waals surface area contributed by atoms with Crippen molar-refractivity contribution in [1.29, 1.82) is 0 Å². The lowest BCUT2D eigenvalue weighted by Crippen LogP contribution is -2.35. The number of nitrogens with zero attached hydrogens (tertiary/aromatic N) is 2. The average Bonchev–Trinajstić information content (AvgIpc) is 3.07. The van der Waals surface area contributed by atoms with Crippen molar-refractivity contribution >= 4 is 29.1 Å². The highest BCUT2D eigenvalue weighted by Gasteiger charge is 2.25. The molecule has 1 saturated heterocycles. The van der Waals surface area contributed by atoms with Crippen LogP contribution in [0.25, 0.3) is 0 Å². The van der Waals surface area contributed by atoms with Gasteiger partial charge in [-0.25, -0.2) is 0 Å². The molecule has 3 rings (SSSR count). The van der Waals surface area contributed by atoms with E-state index >= 15 is 0 Å². The molecular formula is C21H24ClN3O2. The molecule has 0 bridgehead atoms. The van der Waals surface area contributed by atoms with Gasteiger partial charge in [0.05, 0.1) is 16.8 Å². The van der Waals surface area contributed by atoms with Gasteiger partial charge in [0.25, 0.3) is 5.91 Å². The fourth-order valence-corrected chi connectivity index (χ4v) is 3.51. The third-order valence-corrected chi connectivity index (χ3v) is 4.95. The quantitative estimate of drug-likeness (QED) is 0.828. The predicted molar refractivity (Wildman–Crippen MR) is 108 cm³/mol. The number of halogens is 1. The molecule has 1 atom stereocenters. The zero-order valence-electron chi connectivity index (χ0n) is 15.6. The summed E-state index contributed by atoms with van der Waals surface area (Å²) in [6.45, 7) is 1.32. The SMILES string of the molecule is CN(C)C[C@@H](NC(=O)c1ccc(Cl)c(N2CCCC2=O)c1)c1ccccc1. The minimum atomic E-state index is -0.185. The van der Waals surface area contributed by atoms with Crippen molar-refractivity contribution in [2.45, 2.75) is 18.9 Å². The second-order valence-electron chi connectivity index (χ2n) is 7.01. The number of carbonyl (C=O) groups is 2. The van der Waals surface area contributed by atoms with Gasteiger partial charge in [-0.2, -0.15) is 0 Å². The van der Waals surface area contributed by atoms with Crippen LogP contribution in [0.15, 0.2) is 48.5 Å². The Morgan fingerprint density at radius 3 is 2.59 bits per heavy atom. The predicted octanol–water partition coefficient (Wildman–Crippen LogP) is 3.50. The molecule has 0 aromatic heterocycles. The molecular weight excluding hydrogens is 362 g/mol. The lowest BCUT2D eigenvalue weighted by Gasteiger charge is -2.23. The molecule has 1 heterocycles. The molecule has 27 heavy (non-hydrogen) atoms. The first-order valence-corrected chi connectivity index (χ1v) is 9.44. The summed E-state index contributed by atoms with van der Waals surface area (Å²) >= 11 is 6.28. The molecule has 0 saturated carbocycles. The molecule has 0 radical (unpaired) electrons. The van der Waals surface area contributed by atoms with Crippen molar-refractivity contribution in [1.82, 2.24) is 10.2 Å². The Balaban J connectivity index is 1.83. The van der Waals surface area contributed by atoms with Gasteiger partial charge in [-0.1, -0.05) is 41.9 Å². The van der Waals surface area contributed by atoms with Gasteiger partial charge < -0.3 is 15.1 Å². The first-order chi connectivity index (χ1) is 13.0. The zero-order valence-corrected chi connectivity index (χ0v) is 16.4. The maximum absolute atomic E-state index is 12.9. The monoisotopic (exact) mass is 385 g/mol. The number of amides is 2. The summed E-state index contributed by atoms with van der Waals surface area (Å²) in [5.74, 6) is -0.139. The Bertz CT molecular complexity index is 823. The smallest absolute Gasteiger partial charge is 0.251 e. The van der Waals surface area contributed by atoms with Gasteiger partial charge in [-0.05, 0) is 44.3 Å². The number of hydrogen-bond acceptors (Lipinski definition) is 3. The largest absolute Gasteiger partial charge is 0.344 e. The van der Waals surface area contributed by atoms with E-state index in [9.17, 15) is 9.59 Å². The lowest BCUT2D eigenvalue weighted by atomic mass is 10.1. The normalized spacial score (nSPS) is 15.3. The molecule has 1 N–H and O–H groups in total. The van der Waals surface area contributed by atoms with E-state index in [1.54, 1.807) is 23.1 Å². The number of anilines is 1. The van der Waals surface area contributed by atoms with E-state index in [2.05, 4.69) is 5.32 Å². The molecule has 2 amide bonds. The lowest BCUT2D eigenvalue weighted by molar-refractivity contribution is -0.117. The third kappa shape index (κ3) is 4.67. The highest BCUT2D eigenvalue weighted by atomic mass is 35.5. The number of likely N-dealkylation sites (N-methyl/N-ethyl adjacent to an activating group) is 1. The Labute approximate surface area is 164 Å². The molecule has 1 aliphatic heterocycles. The van der Waals surface area contributed by atoms with Crippen LogP contribution in [-0.2, 0) is 4.79 Å². The van der Waals surface area contributed by atoms with Gasteiger partial charge in [0.2, 0.25) is 5.91 Å². The summed E-state index contributed by atoms with van der Waals surface area (Å²) in [4.78, 5) is 28.6. The van der Waals surface area contributed by atoms with Crippen LogP contribution in [-0.4, -0.2) is 43.9 Å². The van der Waals surface area contributed by atoms with Crippen molar-refractivity contribution in [3.05, 3.63) is 64.7 Å². The van der Waals surface area contributed by atoms with Gasteiger partial charge in [-0.15, -0.1) is 0 Å². The summed E-state index contributed by atoms with van der Waals surface area (Å²) in [7, 11) is 3.95. The van der Waals surface area contributed by atoms with Crippen molar-refractivity contribution < 1.29 is 9.59 Å². The number of benzene rings is 2. The molecule has 0 unspecified atom stereocenters. The first-order valence-electron chi connectivity index (χ1n) is 9.06. The Morgan fingerprint density at radius 2 is 1.96 bits per heavy atom. The molecule has 6 heteroatoms. The van der Waals surface area contributed by atoms with Gasteiger partial charge in [0.1, 0.15) is 0 Å². The molecule has 0 spiro atoms. The van der Waals surface area contributed by atoms with Crippen LogP contribution in [0.4, 0.5) is 5.69 Å². The fourth-order valence-electron chi connectivity index (χ4n) is 3.29. The Kier molecular flexibility index (Phi) is 6.14. The van der Waals surface area contributed by atoms with E-state index in [-0.39, 0.29) is 17.9 Å².